The van der Waals surface area contributed by atoms with Crippen molar-refractivity contribution in [1.82, 2.24) is 0 Å². The van der Waals surface area contributed by atoms with E-state index in [1.54, 1.807) is 6.92 Å². The summed E-state index contributed by atoms with van der Waals surface area (Å²) in [6.45, 7) is 4.91. The summed E-state index contributed by atoms with van der Waals surface area (Å²) in [6, 6.07) is 0. The fourth-order valence-electron chi connectivity index (χ4n) is 7.71. The van der Waals surface area contributed by atoms with Crippen molar-refractivity contribution in [3.8, 4) is 0 Å². The van der Waals surface area contributed by atoms with E-state index >= 15 is 8.78 Å². The molecule has 0 heterocycles. The van der Waals surface area contributed by atoms with Gasteiger partial charge in [-0.1, -0.05) is 20.8 Å². The van der Waals surface area contributed by atoms with Crippen LogP contribution in [0.25, 0.3) is 0 Å². The second-order valence-electron chi connectivity index (χ2n) is 10.1. The average Bonchev–Trinajstić information content (AvgIpc) is 2.89. The lowest BCUT2D eigenvalue weighted by atomic mass is 9.44. The molecule has 3 saturated carbocycles. The topological polar surface area (TPSA) is 74.6 Å². The van der Waals surface area contributed by atoms with Crippen molar-refractivity contribution >= 4 is 11.6 Å². The van der Waals surface area contributed by atoms with Crippen molar-refractivity contribution in [1.29, 1.82) is 0 Å². The van der Waals surface area contributed by atoms with Gasteiger partial charge in [0.1, 0.15) is 18.4 Å². The maximum Gasteiger partial charge on any atom is 0.162 e. The predicted molar refractivity (Wildman–Crippen MR) is 98.9 cm³/mol. The van der Waals surface area contributed by atoms with Gasteiger partial charge in [0.2, 0.25) is 0 Å². The minimum Gasteiger partial charge on any atom is -0.390 e. The zero-order valence-corrected chi connectivity index (χ0v) is 16.8. The van der Waals surface area contributed by atoms with Gasteiger partial charge >= 0.3 is 0 Å². The maximum atomic E-state index is 16.9. The summed E-state index contributed by atoms with van der Waals surface area (Å²) in [7, 11) is 0. The average molecular weight is 396 g/mol. The summed E-state index contributed by atoms with van der Waals surface area (Å²) < 4.78 is 32.1. The number of alkyl halides is 2. The second-order valence-corrected chi connectivity index (χ2v) is 10.1. The summed E-state index contributed by atoms with van der Waals surface area (Å²) in [6.07, 6.45) is -0.526. The Hall–Kier alpha value is -1.14. The first-order valence-electron chi connectivity index (χ1n) is 10.4. The van der Waals surface area contributed by atoms with E-state index in [4.69, 9.17) is 0 Å². The van der Waals surface area contributed by atoms with Gasteiger partial charge in [-0.25, -0.2) is 8.78 Å². The summed E-state index contributed by atoms with van der Waals surface area (Å²) in [5, 5.41) is 20.6. The highest BCUT2D eigenvalue weighted by molar-refractivity contribution is 5.92. The number of ketones is 2. The molecule has 28 heavy (non-hydrogen) atoms. The van der Waals surface area contributed by atoms with Crippen LogP contribution in [0.4, 0.5) is 8.78 Å². The molecule has 0 saturated heterocycles. The Morgan fingerprint density at radius 2 is 1.96 bits per heavy atom. The Balaban J connectivity index is 1.82. The highest BCUT2D eigenvalue weighted by Gasteiger charge is 2.73. The third-order valence-corrected chi connectivity index (χ3v) is 8.87. The van der Waals surface area contributed by atoms with Gasteiger partial charge in [0.05, 0.1) is 6.10 Å². The van der Waals surface area contributed by atoms with Crippen LogP contribution in [0, 0.1) is 34.5 Å². The molecule has 4 rings (SSSR count). The highest BCUT2D eigenvalue weighted by atomic mass is 19.1. The van der Waals surface area contributed by atoms with Gasteiger partial charge in [0.15, 0.2) is 11.6 Å². The number of Topliss-reactive ketones (excluding diaryl/α,β-unsaturated/α-hetero) is 1. The minimum atomic E-state index is -2.02. The fraction of sp³-hybridized carbons (Fsp3) is 0.818. The predicted octanol–water partition coefficient (Wildman–Crippen LogP) is 2.95. The van der Waals surface area contributed by atoms with Crippen molar-refractivity contribution in [3.05, 3.63) is 11.6 Å². The van der Waals surface area contributed by atoms with E-state index in [1.165, 1.54) is 6.08 Å². The number of halogens is 2. The van der Waals surface area contributed by atoms with E-state index in [2.05, 4.69) is 0 Å². The van der Waals surface area contributed by atoms with Gasteiger partial charge in [0.25, 0.3) is 0 Å². The van der Waals surface area contributed by atoms with Gasteiger partial charge in [-0.3, -0.25) is 9.59 Å². The number of aliphatic hydroxyl groups excluding tert-OH is 2. The van der Waals surface area contributed by atoms with Gasteiger partial charge in [-0.05, 0) is 54.6 Å². The molecule has 0 aromatic heterocycles. The van der Waals surface area contributed by atoms with Crippen LogP contribution in [0.15, 0.2) is 11.6 Å². The SMILES string of the molecule is CC1C[C@H]2[C@@H]3CC(F)C4=CC(=O)CC[C@]4(C)[C@@]3(F)C(O)C[C@]2(C)[C@H]1C(=O)CO. The molecular formula is C22H30F2O4. The molecular weight excluding hydrogens is 366 g/mol. The van der Waals surface area contributed by atoms with Crippen molar-refractivity contribution < 1.29 is 28.6 Å². The van der Waals surface area contributed by atoms with Crippen LogP contribution >= 0.6 is 0 Å². The number of hydrogen-bond donors (Lipinski definition) is 2. The van der Waals surface area contributed by atoms with Crippen molar-refractivity contribution in [2.75, 3.05) is 6.61 Å². The summed E-state index contributed by atoms with van der Waals surface area (Å²) in [5.74, 6) is -1.94. The maximum absolute atomic E-state index is 16.9. The van der Waals surface area contributed by atoms with E-state index in [-0.39, 0.29) is 54.7 Å². The zero-order valence-electron chi connectivity index (χ0n) is 16.8. The Bertz CT molecular complexity index is 751. The van der Waals surface area contributed by atoms with Crippen LogP contribution in [0.2, 0.25) is 0 Å². The molecule has 0 amide bonds. The number of rotatable bonds is 2. The van der Waals surface area contributed by atoms with Crippen molar-refractivity contribution in [3.63, 3.8) is 0 Å². The first-order chi connectivity index (χ1) is 13.0. The van der Waals surface area contributed by atoms with Crippen molar-refractivity contribution in [2.24, 2.45) is 34.5 Å². The molecule has 6 heteroatoms. The first kappa shape index (κ1) is 20.1. The van der Waals surface area contributed by atoms with Crippen LogP contribution in [0.5, 0.6) is 0 Å². The Morgan fingerprint density at radius 3 is 2.61 bits per heavy atom. The van der Waals surface area contributed by atoms with Crippen LogP contribution < -0.4 is 0 Å². The molecule has 4 aliphatic carbocycles. The molecule has 0 aromatic carbocycles. The molecule has 0 aromatic rings. The van der Waals surface area contributed by atoms with Crippen LogP contribution in [-0.2, 0) is 9.59 Å². The number of aliphatic hydroxyl groups is 2. The van der Waals surface area contributed by atoms with Crippen molar-refractivity contribution in [2.45, 2.75) is 70.8 Å². The van der Waals surface area contributed by atoms with Crippen LogP contribution in [-0.4, -0.2) is 46.3 Å². The lowest BCUT2D eigenvalue weighted by Gasteiger charge is -2.63. The van der Waals surface area contributed by atoms with E-state index in [0.29, 0.717) is 6.42 Å². The number of carbonyl (C=O) groups is 2. The summed E-state index contributed by atoms with van der Waals surface area (Å²) in [4.78, 5) is 24.4. The molecule has 0 bridgehead atoms. The smallest absolute Gasteiger partial charge is 0.162 e. The molecule has 0 spiro atoms. The molecule has 9 atom stereocenters. The van der Waals surface area contributed by atoms with Crippen LogP contribution in [0.1, 0.15) is 52.9 Å². The van der Waals surface area contributed by atoms with Gasteiger partial charge in [-0.15, -0.1) is 0 Å². The molecule has 3 unspecified atom stereocenters. The van der Waals surface area contributed by atoms with E-state index < -0.39 is 47.2 Å². The Kier molecular flexibility index (Phi) is 4.45. The fourth-order valence-corrected chi connectivity index (χ4v) is 7.71. The number of hydrogen-bond acceptors (Lipinski definition) is 4. The molecule has 4 aliphatic rings. The Morgan fingerprint density at radius 1 is 1.29 bits per heavy atom. The first-order valence-corrected chi connectivity index (χ1v) is 10.4. The largest absolute Gasteiger partial charge is 0.390 e. The summed E-state index contributed by atoms with van der Waals surface area (Å²) >= 11 is 0. The van der Waals surface area contributed by atoms with Gasteiger partial charge < -0.3 is 10.2 Å². The quantitative estimate of drug-likeness (QED) is 0.753. The van der Waals surface area contributed by atoms with Gasteiger partial charge in [-0.2, -0.15) is 0 Å². The van der Waals surface area contributed by atoms with Crippen LogP contribution in [0.3, 0.4) is 0 Å². The molecule has 0 radical (unpaired) electrons. The van der Waals surface area contributed by atoms with E-state index in [0.717, 1.165) is 0 Å². The van der Waals surface area contributed by atoms with E-state index in [1.807, 2.05) is 13.8 Å². The third-order valence-electron chi connectivity index (χ3n) is 8.87. The zero-order chi connectivity index (χ0) is 20.6. The summed E-state index contributed by atoms with van der Waals surface area (Å²) in [5.41, 5.74) is -3.71. The lowest BCUT2D eigenvalue weighted by molar-refractivity contribution is -0.215. The van der Waals surface area contributed by atoms with E-state index in [9.17, 15) is 19.8 Å². The standard InChI is InChI=1S/C22H30F2O4/c1-11-6-13-14-8-16(23)15-7-12(26)4-5-21(15,3)22(14,24)18(28)9-20(13,2)19(11)17(27)10-25/h7,11,13-14,16,18-19,25,28H,4-6,8-10H2,1-3H3/t11?,13-,14-,16?,18?,19+,20-,21-,22-/m0/s1. The lowest BCUT2D eigenvalue weighted by Crippen LogP contribution is -2.69. The molecule has 2 N–H and O–H groups in total. The molecule has 0 aliphatic heterocycles. The molecule has 3 fully saturated rings. The number of carbonyl (C=O) groups excluding carboxylic acids is 2. The Labute approximate surface area is 164 Å². The molecule has 4 nitrogen and oxygen atoms in total. The normalized spacial score (nSPS) is 53.1. The monoisotopic (exact) mass is 396 g/mol. The second kappa shape index (κ2) is 6.18. The third kappa shape index (κ3) is 2.28. The number of allylic oxidation sites excluding steroid dienone is 1. The number of fused-ring (bicyclic) bond motifs is 5. The highest BCUT2D eigenvalue weighted by Crippen LogP contribution is 2.70. The van der Waals surface area contributed by atoms with Gasteiger partial charge in [0, 0.05) is 23.7 Å². The minimum absolute atomic E-state index is 0.0556. The molecule has 156 valence electrons.